The summed E-state index contributed by atoms with van der Waals surface area (Å²) in [5.41, 5.74) is 2.95. The first-order valence-electron chi connectivity index (χ1n) is 9.86. The zero-order valence-electron chi connectivity index (χ0n) is 17.3. The maximum absolute atomic E-state index is 14.0. The second kappa shape index (κ2) is 8.37. The number of aromatic nitrogens is 4. The summed E-state index contributed by atoms with van der Waals surface area (Å²) < 4.78 is 21.2. The number of rotatable bonds is 5. The molecule has 3 aromatic rings. The zero-order chi connectivity index (χ0) is 21.3. The number of benzene rings is 1. The van der Waals surface area contributed by atoms with Gasteiger partial charge in [0.25, 0.3) is 5.95 Å². The fourth-order valence-electron chi connectivity index (χ4n) is 3.43. The molecule has 8 nitrogen and oxygen atoms in total. The minimum atomic E-state index is -0.285. The van der Waals surface area contributed by atoms with Crippen molar-refractivity contribution < 1.29 is 14.2 Å². The molecule has 1 saturated heterocycles. The summed E-state index contributed by atoms with van der Waals surface area (Å²) in [5, 5.41) is 17.1. The van der Waals surface area contributed by atoms with E-state index in [1.807, 2.05) is 30.9 Å². The highest BCUT2D eigenvalue weighted by Crippen LogP contribution is 2.24. The molecule has 0 saturated carbocycles. The van der Waals surface area contributed by atoms with Crippen LogP contribution in [0.25, 0.3) is 5.95 Å². The molecule has 158 valence electrons. The smallest absolute Gasteiger partial charge is 0.254 e. The predicted octanol–water partition coefficient (Wildman–Crippen LogP) is 2.67. The fraction of sp³-hybridized carbons (Fsp3) is 0.381. The molecule has 30 heavy (non-hydrogen) atoms. The van der Waals surface area contributed by atoms with Crippen LogP contribution in [0.2, 0.25) is 0 Å². The normalized spacial score (nSPS) is 16.7. The lowest BCUT2D eigenvalue weighted by molar-refractivity contribution is 0.00336. The Balaban J connectivity index is 1.73. The summed E-state index contributed by atoms with van der Waals surface area (Å²) in [7, 11) is 0. The molecule has 0 unspecified atom stereocenters. The first-order chi connectivity index (χ1) is 14.4. The molecule has 2 aromatic heterocycles. The molecule has 1 fully saturated rings. The van der Waals surface area contributed by atoms with Gasteiger partial charge in [-0.15, -0.1) is 0 Å². The van der Waals surface area contributed by atoms with Crippen LogP contribution in [-0.4, -0.2) is 57.3 Å². The van der Waals surface area contributed by atoms with E-state index in [4.69, 9.17) is 9.72 Å². The van der Waals surface area contributed by atoms with Crippen molar-refractivity contribution in [1.82, 2.24) is 19.7 Å². The number of aryl methyl sites for hydroxylation is 3. The standard InChI is InChI=1S/C21H25FN6O2/c1-13-4-5-16(9-18(13)22)23-19-10-20(27-6-7-30-17(11-27)12-29)25-21(24-19)28-15(3)8-14(2)26-28/h4-5,8-10,17,29H,6-7,11-12H2,1-3H3,(H,23,24,25)/t17-/m1/s1. The van der Waals surface area contributed by atoms with Gasteiger partial charge in [-0.1, -0.05) is 6.07 Å². The van der Waals surface area contributed by atoms with E-state index in [-0.39, 0.29) is 18.5 Å². The van der Waals surface area contributed by atoms with E-state index in [0.717, 1.165) is 11.4 Å². The second-order valence-corrected chi connectivity index (χ2v) is 7.46. The van der Waals surface area contributed by atoms with Crippen molar-refractivity contribution in [3.8, 4) is 5.95 Å². The Labute approximate surface area is 174 Å². The molecule has 2 N–H and O–H groups in total. The number of aliphatic hydroxyl groups is 1. The molecular weight excluding hydrogens is 387 g/mol. The zero-order valence-corrected chi connectivity index (χ0v) is 17.3. The molecule has 0 bridgehead atoms. The van der Waals surface area contributed by atoms with Gasteiger partial charge in [-0.05, 0) is 44.5 Å². The van der Waals surface area contributed by atoms with Gasteiger partial charge in [0.1, 0.15) is 17.5 Å². The van der Waals surface area contributed by atoms with Crippen molar-refractivity contribution in [2.24, 2.45) is 0 Å². The average molecular weight is 412 g/mol. The largest absolute Gasteiger partial charge is 0.394 e. The van der Waals surface area contributed by atoms with Crippen molar-refractivity contribution in [2.45, 2.75) is 26.9 Å². The highest BCUT2D eigenvalue weighted by atomic mass is 19.1. The summed E-state index contributed by atoms with van der Waals surface area (Å²) in [6.45, 7) is 7.17. The molecule has 0 spiro atoms. The lowest BCUT2D eigenvalue weighted by atomic mass is 10.2. The van der Waals surface area contributed by atoms with Crippen LogP contribution >= 0.6 is 0 Å². The lowest BCUT2D eigenvalue weighted by Crippen LogP contribution is -2.44. The fourth-order valence-corrected chi connectivity index (χ4v) is 3.43. The maximum atomic E-state index is 14.0. The highest BCUT2D eigenvalue weighted by molar-refractivity contribution is 5.61. The first kappa shape index (κ1) is 20.2. The van der Waals surface area contributed by atoms with E-state index in [1.54, 1.807) is 23.7 Å². The second-order valence-electron chi connectivity index (χ2n) is 7.46. The Bertz CT molecular complexity index is 1050. The van der Waals surface area contributed by atoms with Crippen molar-refractivity contribution in [1.29, 1.82) is 0 Å². The molecule has 1 aromatic carbocycles. The molecule has 1 atom stereocenters. The average Bonchev–Trinajstić information content (AvgIpc) is 3.08. The van der Waals surface area contributed by atoms with Crippen molar-refractivity contribution in [3.05, 3.63) is 53.1 Å². The highest BCUT2D eigenvalue weighted by Gasteiger charge is 2.22. The Kier molecular flexibility index (Phi) is 5.65. The maximum Gasteiger partial charge on any atom is 0.254 e. The predicted molar refractivity (Wildman–Crippen MR) is 112 cm³/mol. The van der Waals surface area contributed by atoms with Gasteiger partial charge in [-0.25, -0.2) is 9.07 Å². The van der Waals surface area contributed by atoms with E-state index in [2.05, 4.69) is 15.4 Å². The number of morpholine rings is 1. The van der Waals surface area contributed by atoms with E-state index in [9.17, 15) is 9.50 Å². The minimum absolute atomic E-state index is 0.0559. The van der Waals surface area contributed by atoms with Crippen LogP contribution in [0, 0.1) is 26.6 Å². The lowest BCUT2D eigenvalue weighted by Gasteiger charge is -2.33. The van der Waals surface area contributed by atoms with Crippen LogP contribution in [-0.2, 0) is 4.74 Å². The van der Waals surface area contributed by atoms with Gasteiger partial charge in [0, 0.05) is 30.5 Å². The molecule has 1 aliphatic heterocycles. The molecule has 3 heterocycles. The third-order valence-electron chi connectivity index (χ3n) is 5.01. The van der Waals surface area contributed by atoms with Gasteiger partial charge < -0.3 is 20.1 Å². The summed E-state index contributed by atoms with van der Waals surface area (Å²) >= 11 is 0. The number of nitrogens with one attached hydrogen (secondary N) is 1. The van der Waals surface area contributed by atoms with Crippen LogP contribution in [0.3, 0.4) is 0 Å². The van der Waals surface area contributed by atoms with Gasteiger partial charge in [-0.3, -0.25) is 0 Å². The van der Waals surface area contributed by atoms with Crippen LogP contribution in [0.1, 0.15) is 17.0 Å². The molecule has 1 aliphatic rings. The minimum Gasteiger partial charge on any atom is -0.394 e. The summed E-state index contributed by atoms with van der Waals surface area (Å²) in [6, 6.07) is 8.73. The number of aliphatic hydroxyl groups excluding tert-OH is 1. The molecule has 4 rings (SSSR count). The van der Waals surface area contributed by atoms with Gasteiger partial charge in [0.05, 0.1) is 25.0 Å². The Hall–Kier alpha value is -3.04. The molecule has 9 heteroatoms. The molecular formula is C21H25FN6O2. The quantitative estimate of drug-likeness (QED) is 0.666. The monoisotopic (exact) mass is 412 g/mol. The number of halogens is 1. The summed E-state index contributed by atoms with van der Waals surface area (Å²) in [4.78, 5) is 11.4. The van der Waals surface area contributed by atoms with Crippen LogP contribution < -0.4 is 10.2 Å². The third kappa shape index (κ3) is 4.27. The first-order valence-corrected chi connectivity index (χ1v) is 9.86. The number of anilines is 3. The van der Waals surface area contributed by atoms with E-state index < -0.39 is 0 Å². The van der Waals surface area contributed by atoms with Gasteiger partial charge in [0.15, 0.2) is 0 Å². The van der Waals surface area contributed by atoms with Gasteiger partial charge in [0.2, 0.25) is 0 Å². The molecule has 0 amide bonds. The van der Waals surface area contributed by atoms with Crippen molar-refractivity contribution >= 4 is 17.3 Å². The van der Waals surface area contributed by atoms with E-state index in [1.165, 1.54) is 6.07 Å². The van der Waals surface area contributed by atoms with Crippen molar-refractivity contribution in [3.63, 3.8) is 0 Å². The summed E-state index contributed by atoms with van der Waals surface area (Å²) in [6.07, 6.45) is -0.270. The number of nitrogens with zero attached hydrogens (tertiary/aromatic N) is 5. The molecule has 0 aliphatic carbocycles. The topological polar surface area (TPSA) is 88.3 Å². The Morgan fingerprint density at radius 1 is 1.20 bits per heavy atom. The molecule has 0 radical (unpaired) electrons. The Morgan fingerprint density at radius 3 is 2.73 bits per heavy atom. The Morgan fingerprint density at radius 2 is 2.03 bits per heavy atom. The number of hydrogen-bond donors (Lipinski definition) is 2. The van der Waals surface area contributed by atoms with E-state index >= 15 is 0 Å². The van der Waals surface area contributed by atoms with Crippen LogP contribution in [0.15, 0.2) is 30.3 Å². The van der Waals surface area contributed by atoms with Crippen LogP contribution in [0.4, 0.5) is 21.7 Å². The van der Waals surface area contributed by atoms with Crippen LogP contribution in [0.5, 0.6) is 0 Å². The van der Waals surface area contributed by atoms with Crippen molar-refractivity contribution in [2.75, 3.05) is 36.5 Å². The van der Waals surface area contributed by atoms with E-state index in [0.29, 0.717) is 48.5 Å². The van der Waals surface area contributed by atoms with Gasteiger partial charge >= 0.3 is 0 Å². The summed E-state index contributed by atoms with van der Waals surface area (Å²) in [5.74, 6) is 1.34. The number of hydrogen-bond acceptors (Lipinski definition) is 7. The SMILES string of the molecule is Cc1cc(C)n(-c2nc(Nc3ccc(C)c(F)c3)cc(N3CCO[C@@H](CO)C3)n2)n1. The van der Waals surface area contributed by atoms with Gasteiger partial charge in [-0.2, -0.15) is 15.1 Å². The third-order valence-corrected chi connectivity index (χ3v) is 5.01. The number of ether oxygens (including phenoxy) is 1.